The fraction of sp³-hybridized carbons (Fsp3) is 0.891. The van der Waals surface area contributed by atoms with E-state index < -0.39 is 0 Å². The zero-order valence-corrected chi connectivity index (χ0v) is 48.9. The van der Waals surface area contributed by atoms with Crippen LogP contribution < -0.4 is 0 Å². The van der Waals surface area contributed by atoms with Gasteiger partial charge in [0, 0.05) is 38.4 Å². The first-order valence-corrected chi connectivity index (χ1v) is 31.2. The Bertz CT molecular complexity index is 1110. The minimum atomic E-state index is -0.339. The molecule has 3 atom stereocenters. The van der Waals surface area contributed by atoms with Gasteiger partial charge in [0.25, 0.3) is 0 Å². The quantitative estimate of drug-likeness (QED) is 0.0235. The second-order valence-corrected chi connectivity index (χ2v) is 21.3. The summed E-state index contributed by atoms with van der Waals surface area (Å²) in [7, 11) is 1.45. The van der Waals surface area contributed by atoms with E-state index in [1.165, 1.54) is 244 Å². The van der Waals surface area contributed by atoms with Crippen molar-refractivity contribution in [3.8, 4) is 0 Å². The summed E-state index contributed by atoms with van der Waals surface area (Å²) in [6, 6.07) is 0. The molecule has 9 nitrogen and oxygen atoms in total. The number of rotatable bonds is 55. The maximum Gasteiger partial charge on any atom is 0.330 e. The lowest BCUT2D eigenvalue weighted by molar-refractivity contribution is -0.141. The summed E-state index contributed by atoms with van der Waals surface area (Å²) < 4.78 is 14.9. The summed E-state index contributed by atoms with van der Waals surface area (Å²) in [5, 5.41) is 27.6. The van der Waals surface area contributed by atoms with Crippen LogP contribution in [0, 0.1) is 17.8 Å². The summed E-state index contributed by atoms with van der Waals surface area (Å²) in [6.45, 7) is 15.7. The number of aliphatic hydroxyl groups is 3. The number of methoxy groups -OCH3 is 1. The highest BCUT2D eigenvalue weighted by Crippen LogP contribution is 2.22. The number of carbonyl (C=O) groups is 3. The van der Waals surface area contributed by atoms with Crippen molar-refractivity contribution in [3.05, 3.63) is 25.3 Å². The number of esters is 3. The van der Waals surface area contributed by atoms with Crippen molar-refractivity contribution in [1.29, 1.82) is 0 Å². The first kappa shape index (κ1) is 75.0. The first-order chi connectivity index (χ1) is 35.7. The predicted molar refractivity (Wildman–Crippen MR) is 311 cm³/mol. The number of hydrogen-bond donors (Lipinski definition) is 3. The number of unbranched alkanes of at least 4 members (excludes halogenated alkanes) is 32. The summed E-state index contributed by atoms with van der Waals surface area (Å²) in [5.74, 6) is 0.757. The van der Waals surface area contributed by atoms with Gasteiger partial charge in [-0.2, -0.15) is 0 Å². The van der Waals surface area contributed by atoms with Crippen LogP contribution in [-0.4, -0.2) is 73.4 Å². The molecular weight excluding hydrogens is 913 g/mol. The van der Waals surface area contributed by atoms with Gasteiger partial charge in [0.05, 0.1) is 20.3 Å². The molecule has 0 aliphatic heterocycles. The van der Waals surface area contributed by atoms with Gasteiger partial charge in [-0.1, -0.05) is 259 Å². The minimum Gasteiger partial charge on any atom is -0.469 e. The van der Waals surface area contributed by atoms with Crippen molar-refractivity contribution in [3.63, 3.8) is 0 Å². The van der Waals surface area contributed by atoms with E-state index in [0.717, 1.165) is 57.8 Å². The van der Waals surface area contributed by atoms with E-state index in [2.05, 4.69) is 38.7 Å². The summed E-state index contributed by atoms with van der Waals surface area (Å²) in [6.07, 6.45) is 57.8. The van der Waals surface area contributed by atoms with E-state index in [-0.39, 0.29) is 17.9 Å². The first-order valence-electron chi connectivity index (χ1n) is 31.2. The zero-order valence-electron chi connectivity index (χ0n) is 48.9. The van der Waals surface area contributed by atoms with Gasteiger partial charge in [0.2, 0.25) is 0 Å². The summed E-state index contributed by atoms with van der Waals surface area (Å²) >= 11 is 0. The van der Waals surface area contributed by atoms with Gasteiger partial charge >= 0.3 is 17.9 Å². The lowest BCUT2D eigenvalue weighted by Crippen LogP contribution is -2.13. The Morgan fingerprint density at radius 1 is 0.384 bits per heavy atom. The molecule has 434 valence electrons. The molecule has 0 spiro atoms. The third-order valence-electron chi connectivity index (χ3n) is 14.5. The topological polar surface area (TPSA) is 140 Å². The van der Waals surface area contributed by atoms with Crippen LogP contribution >= 0.6 is 0 Å². The maximum atomic E-state index is 11.4. The molecule has 0 aromatic carbocycles. The molecule has 0 bridgehead atoms. The Labute approximate surface area is 453 Å². The van der Waals surface area contributed by atoms with Gasteiger partial charge < -0.3 is 29.5 Å². The van der Waals surface area contributed by atoms with Crippen molar-refractivity contribution < 1.29 is 43.9 Å². The van der Waals surface area contributed by atoms with Gasteiger partial charge in [0.1, 0.15) is 0 Å². The van der Waals surface area contributed by atoms with Gasteiger partial charge in [-0.15, -0.1) is 0 Å². The normalized spacial score (nSPS) is 12.2. The van der Waals surface area contributed by atoms with Crippen LogP contribution in [-0.2, 0) is 28.6 Å². The average molecular weight is 1040 g/mol. The molecule has 0 aromatic heterocycles. The highest BCUT2D eigenvalue weighted by Gasteiger charge is 2.12. The Morgan fingerprint density at radius 2 is 0.671 bits per heavy atom. The third kappa shape index (κ3) is 64.0. The Hall–Kier alpha value is -2.23. The molecular formula is C64H124O9. The Kier molecular flexibility index (Phi) is 67.7. The molecule has 0 radical (unpaired) electrons. The molecule has 0 saturated carbocycles. The highest BCUT2D eigenvalue weighted by atomic mass is 16.5. The molecule has 0 aliphatic carbocycles. The van der Waals surface area contributed by atoms with Crippen LogP contribution in [0.25, 0.3) is 0 Å². The van der Waals surface area contributed by atoms with E-state index in [0.29, 0.717) is 57.2 Å². The van der Waals surface area contributed by atoms with E-state index in [4.69, 9.17) is 14.6 Å². The third-order valence-corrected chi connectivity index (χ3v) is 14.5. The standard InChI is InChI=1S/C25H44O4.C20H40O3.C19H40O2/c1-4-7-8-9-10-13-16-19-23(22-29-25(27)6-3)20-17-14-11-12-15-18-21-28-24(26)5-2;1-3-4-5-6-7-9-12-15-19(18-21)16-13-10-8-11-14-17-20(22)23-2;1-2-3-4-5-6-9-12-15-19(18-21)16-13-10-7-8-11-14-17-20/h5-6,23H,2-4,7-22H2,1H3;19,21H,3-18H2,1-2H3;19-21H,2-18H2,1H3. The van der Waals surface area contributed by atoms with E-state index in [1.807, 2.05) is 0 Å². The van der Waals surface area contributed by atoms with Gasteiger partial charge in [0.15, 0.2) is 0 Å². The second-order valence-electron chi connectivity index (χ2n) is 21.3. The number of hydrogen-bond acceptors (Lipinski definition) is 9. The molecule has 9 heteroatoms. The van der Waals surface area contributed by atoms with Gasteiger partial charge in [-0.3, -0.25) is 4.79 Å². The molecule has 0 fully saturated rings. The second kappa shape index (κ2) is 65.9. The summed E-state index contributed by atoms with van der Waals surface area (Å²) in [5.41, 5.74) is 0. The number of ether oxygens (including phenoxy) is 3. The van der Waals surface area contributed by atoms with Crippen LogP contribution in [0.2, 0.25) is 0 Å². The van der Waals surface area contributed by atoms with Gasteiger partial charge in [-0.25, -0.2) is 9.59 Å². The van der Waals surface area contributed by atoms with E-state index in [9.17, 15) is 24.6 Å². The number of carbonyl (C=O) groups excluding carboxylic acids is 3. The molecule has 73 heavy (non-hydrogen) atoms. The fourth-order valence-electron chi connectivity index (χ4n) is 9.45. The van der Waals surface area contributed by atoms with Gasteiger partial charge in [-0.05, 0) is 75.5 Å². The van der Waals surface area contributed by atoms with Crippen molar-refractivity contribution in [2.75, 3.05) is 40.1 Å². The smallest absolute Gasteiger partial charge is 0.330 e. The molecule has 0 rings (SSSR count). The van der Waals surface area contributed by atoms with Crippen LogP contribution in [0.1, 0.15) is 310 Å². The highest BCUT2D eigenvalue weighted by molar-refractivity contribution is 5.81. The van der Waals surface area contributed by atoms with E-state index >= 15 is 0 Å². The molecule has 3 unspecified atom stereocenters. The Balaban J connectivity index is -0.00000102. The lowest BCUT2D eigenvalue weighted by atomic mass is 9.94. The maximum absolute atomic E-state index is 11.4. The number of aliphatic hydroxyl groups excluding tert-OH is 3. The van der Waals surface area contributed by atoms with Crippen molar-refractivity contribution in [1.82, 2.24) is 0 Å². The summed E-state index contributed by atoms with van der Waals surface area (Å²) in [4.78, 5) is 33.3. The molecule has 0 saturated heterocycles. The van der Waals surface area contributed by atoms with Crippen molar-refractivity contribution in [2.24, 2.45) is 17.8 Å². The zero-order chi connectivity index (χ0) is 54.4. The van der Waals surface area contributed by atoms with Crippen molar-refractivity contribution >= 4 is 17.9 Å². The predicted octanol–water partition coefficient (Wildman–Crippen LogP) is 18.0. The van der Waals surface area contributed by atoms with Crippen molar-refractivity contribution in [2.45, 2.75) is 310 Å². The molecule has 0 amide bonds. The van der Waals surface area contributed by atoms with Crippen LogP contribution in [0.15, 0.2) is 25.3 Å². The van der Waals surface area contributed by atoms with E-state index in [1.54, 1.807) is 0 Å². The molecule has 3 N–H and O–H groups in total. The SMILES string of the molecule is C=CC(=O)OCCCCCCCCC(CCCCCCCCC)COC(=O)C=C.CCCCCCCCCC(CO)CCCCCCCC(=O)OC.CCCCCCCCCC(CO)CCCCCCCCO. The fourth-order valence-corrected chi connectivity index (χ4v) is 9.45. The molecule has 0 aliphatic rings. The minimum absolute atomic E-state index is 0.0972. The monoisotopic (exact) mass is 1040 g/mol. The Morgan fingerprint density at radius 3 is 0.986 bits per heavy atom. The van der Waals surface area contributed by atoms with Crippen LogP contribution in [0.5, 0.6) is 0 Å². The van der Waals surface area contributed by atoms with Crippen LogP contribution in [0.3, 0.4) is 0 Å². The molecule has 0 aromatic rings. The average Bonchev–Trinajstić information content (AvgIpc) is 3.41. The largest absolute Gasteiger partial charge is 0.469 e. The lowest BCUT2D eigenvalue weighted by Gasteiger charge is -2.16. The molecule has 0 heterocycles. The van der Waals surface area contributed by atoms with Crippen LogP contribution in [0.4, 0.5) is 0 Å².